The van der Waals surface area contributed by atoms with E-state index in [4.69, 9.17) is 28.9 Å². The molecule has 1 rings (SSSR count). The predicted molar refractivity (Wildman–Crippen MR) is 84.9 cm³/mol. The smallest absolute Gasteiger partial charge is 0.224 e. The molecule has 0 fully saturated rings. The van der Waals surface area contributed by atoms with Crippen LogP contribution in [0.15, 0.2) is 16.6 Å². The third-order valence-electron chi connectivity index (χ3n) is 2.63. The number of amides is 1. The maximum atomic E-state index is 11.8. The highest BCUT2D eigenvalue weighted by molar-refractivity contribution is 9.10. The first-order valence-corrected chi connectivity index (χ1v) is 7.74. The number of carbonyl (C=O) groups is 1. The fourth-order valence-electron chi connectivity index (χ4n) is 1.65. The van der Waals surface area contributed by atoms with E-state index in [1.54, 1.807) is 12.1 Å². The van der Waals surface area contributed by atoms with E-state index in [9.17, 15) is 4.79 Å². The van der Waals surface area contributed by atoms with E-state index in [2.05, 4.69) is 21.2 Å². The minimum Gasteiger partial charge on any atom is -0.330 e. The maximum Gasteiger partial charge on any atom is 0.224 e. The lowest BCUT2D eigenvalue weighted by Gasteiger charge is -2.09. The van der Waals surface area contributed by atoms with Crippen LogP contribution in [0.3, 0.4) is 0 Å². The molecule has 0 atom stereocenters. The molecule has 0 radical (unpaired) electrons. The summed E-state index contributed by atoms with van der Waals surface area (Å²) < 4.78 is 0.780. The number of anilines is 1. The highest BCUT2D eigenvalue weighted by atomic mass is 79.9. The van der Waals surface area contributed by atoms with Crippen LogP contribution in [-0.2, 0) is 4.79 Å². The second kappa shape index (κ2) is 8.80. The summed E-state index contributed by atoms with van der Waals surface area (Å²) in [5.74, 6) is -0.0705. The fourth-order valence-corrected chi connectivity index (χ4v) is 2.95. The van der Waals surface area contributed by atoms with Crippen molar-refractivity contribution >= 4 is 50.7 Å². The summed E-state index contributed by atoms with van der Waals surface area (Å²) in [5.41, 5.74) is 5.88. The Morgan fingerprint density at radius 1 is 1.16 bits per heavy atom. The Kier molecular flexibility index (Phi) is 7.76. The van der Waals surface area contributed by atoms with Gasteiger partial charge >= 0.3 is 0 Å². The van der Waals surface area contributed by atoms with E-state index in [1.807, 2.05) is 0 Å². The Morgan fingerprint density at radius 3 is 2.32 bits per heavy atom. The van der Waals surface area contributed by atoms with Crippen molar-refractivity contribution in [3.63, 3.8) is 0 Å². The molecule has 6 heteroatoms. The van der Waals surface area contributed by atoms with Crippen LogP contribution >= 0.6 is 39.1 Å². The van der Waals surface area contributed by atoms with Gasteiger partial charge in [0.05, 0.1) is 15.7 Å². The van der Waals surface area contributed by atoms with Gasteiger partial charge in [-0.3, -0.25) is 4.79 Å². The fraction of sp³-hybridized carbons (Fsp3) is 0.462. The summed E-state index contributed by atoms with van der Waals surface area (Å²) in [7, 11) is 0. The Morgan fingerprint density at radius 2 is 1.74 bits per heavy atom. The number of benzene rings is 1. The first-order valence-electron chi connectivity index (χ1n) is 6.19. The van der Waals surface area contributed by atoms with Crippen LogP contribution in [0.4, 0.5) is 5.69 Å². The van der Waals surface area contributed by atoms with Gasteiger partial charge < -0.3 is 11.1 Å². The molecule has 106 valence electrons. The molecule has 3 nitrogen and oxygen atoms in total. The Balaban J connectivity index is 2.44. The molecule has 0 aliphatic heterocycles. The van der Waals surface area contributed by atoms with Crippen LogP contribution in [0.1, 0.15) is 32.1 Å². The molecule has 0 unspecified atom stereocenters. The molecule has 1 aromatic carbocycles. The van der Waals surface area contributed by atoms with E-state index in [-0.39, 0.29) is 5.91 Å². The van der Waals surface area contributed by atoms with Gasteiger partial charge in [0.15, 0.2) is 0 Å². The summed E-state index contributed by atoms with van der Waals surface area (Å²) >= 11 is 15.4. The van der Waals surface area contributed by atoms with Gasteiger partial charge in [-0.05, 0) is 31.5 Å². The van der Waals surface area contributed by atoms with Gasteiger partial charge in [0.25, 0.3) is 0 Å². The van der Waals surface area contributed by atoms with Gasteiger partial charge in [0.2, 0.25) is 5.91 Å². The monoisotopic (exact) mass is 366 g/mol. The molecule has 19 heavy (non-hydrogen) atoms. The largest absolute Gasteiger partial charge is 0.330 e. The van der Waals surface area contributed by atoms with Gasteiger partial charge in [-0.15, -0.1) is 0 Å². The summed E-state index contributed by atoms with van der Waals surface area (Å²) in [4.78, 5) is 11.8. The van der Waals surface area contributed by atoms with Crippen LogP contribution in [0.25, 0.3) is 0 Å². The number of halogens is 3. The van der Waals surface area contributed by atoms with E-state index in [0.29, 0.717) is 28.7 Å². The molecule has 0 aliphatic rings. The minimum absolute atomic E-state index is 0.0705. The molecule has 0 spiro atoms. The van der Waals surface area contributed by atoms with Crippen LogP contribution in [0.2, 0.25) is 10.0 Å². The molecule has 0 bridgehead atoms. The van der Waals surface area contributed by atoms with Gasteiger partial charge in [-0.2, -0.15) is 0 Å². The zero-order valence-corrected chi connectivity index (χ0v) is 13.6. The molecule has 1 amide bonds. The molecule has 0 saturated heterocycles. The molecular weight excluding hydrogens is 351 g/mol. The maximum absolute atomic E-state index is 11.8. The summed E-state index contributed by atoms with van der Waals surface area (Å²) in [6.07, 6.45) is 4.38. The highest BCUT2D eigenvalue weighted by Gasteiger charge is 2.10. The van der Waals surface area contributed by atoms with Crippen molar-refractivity contribution in [2.45, 2.75) is 32.1 Å². The molecule has 3 N–H and O–H groups in total. The quantitative estimate of drug-likeness (QED) is 0.691. The van der Waals surface area contributed by atoms with E-state index in [1.165, 1.54) is 0 Å². The minimum atomic E-state index is -0.0705. The lowest BCUT2D eigenvalue weighted by atomic mass is 10.1. The second-order valence-electron chi connectivity index (χ2n) is 4.25. The molecule has 0 aliphatic carbocycles. The summed E-state index contributed by atoms with van der Waals surface area (Å²) in [6, 6.07) is 3.40. The van der Waals surface area contributed by atoms with Gasteiger partial charge in [0, 0.05) is 10.9 Å². The van der Waals surface area contributed by atoms with Crippen LogP contribution < -0.4 is 11.1 Å². The third kappa shape index (κ3) is 6.13. The number of rotatable bonds is 7. The lowest BCUT2D eigenvalue weighted by Crippen LogP contribution is -2.12. The van der Waals surface area contributed by atoms with E-state index in [0.717, 1.165) is 30.2 Å². The van der Waals surface area contributed by atoms with Crippen molar-refractivity contribution in [1.82, 2.24) is 0 Å². The molecule has 0 saturated carbocycles. The molecule has 1 aromatic rings. The van der Waals surface area contributed by atoms with Crippen LogP contribution in [-0.4, -0.2) is 12.5 Å². The third-order valence-corrected chi connectivity index (χ3v) is 3.68. The predicted octanol–water partition coefficient (Wildman–Crippen LogP) is 4.60. The van der Waals surface area contributed by atoms with Gasteiger partial charge in [0.1, 0.15) is 0 Å². The number of unbranched alkanes of at least 4 members (excludes halogenated alkanes) is 3. The molecular formula is C13H17BrCl2N2O. The first-order chi connectivity index (χ1) is 9.04. The topological polar surface area (TPSA) is 55.1 Å². The van der Waals surface area contributed by atoms with Crippen LogP contribution in [0.5, 0.6) is 0 Å². The number of nitrogens with one attached hydrogen (secondary N) is 1. The van der Waals surface area contributed by atoms with E-state index >= 15 is 0 Å². The van der Waals surface area contributed by atoms with Crippen molar-refractivity contribution in [1.29, 1.82) is 0 Å². The molecule has 0 heterocycles. The standard InChI is InChI=1S/C13H17BrCl2N2O/c14-9-7-10(15)13(11(16)8-9)18-12(19)5-3-1-2-4-6-17/h7-8H,1-6,17H2,(H,18,19). The van der Waals surface area contributed by atoms with Gasteiger partial charge in [-0.25, -0.2) is 0 Å². The Bertz CT molecular complexity index is 418. The number of hydrogen-bond donors (Lipinski definition) is 2. The number of nitrogens with two attached hydrogens (primary N) is 1. The lowest BCUT2D eigenvalue weighted by molar-refractivity contribution is -0.116. The number of carbonyl (C=O) groups excluding carboxylic acids is 1. The van der Waals surface area contributed by atoms with Crippen molar-refractivity contribution < 1.29 is 4.79 Å². The number of hydrogen-bond acceptors (Lipinski definition) is 2. The molecule has 0 aromatic heterocycles. The second-order valence-corrected chi connectivity index (χ2v) is 5.98. The van der Waals surface area contributed by atoms with E-state index < -0.39 is 0 Å². The summed E-state index contributed by atoms with van der Waals surface area (Å²) in [6.45, 7) is 0.705. The zero-order chi connectivity index (χ0) is 14.3. The Labute approximate surface area is 132 Å². The van der Waals surface area contributed by atoms with Crippen molar-refractivity contribution in [2.75, 3.05) is 11.9 Å². The Hall–Kier alpha value is -0.290. The van der Waals surface area contributed by atoms with Crippen LogP contribution in [0, 0.1) is 0 Å². The highest BCUT2D eigenvalue weighted by Crippen LogP contribution is 2.33. The average molecular weight is 368 g/mol. The average Bonchev–Trinajstić information content (AvgIpc) is 2.33. The first kappa shape index (κ1) is 16.8. The SMILES string of the molecule is NCCCCCCC(=O)Nc1c(Cl)cc(Br)cc1Cl. The summed E-state index contributed by atoms with van der Waals surface area (Å²) in [5, 5.41) is 3.60. The van der Waals surface area contributed by atoms with Crippen molar-refractivity contribution in [3.05, 3.63) is 26.7 Å². The normalized spacial score (nSPS) is 10.5. The van der Waals surface area contributed by atoms with Crippen molar-refractivity contribution in [3.8, 4) is 0 Å². The van der Waals surface area contributed by atoms with Gasteiger partial charge in [-0.1, -0.05) is 52.0 Å². The zero-order valence-electron chi connectivity index (χ0n) is 10.5. The van der Waals surface area contributed by atoms with Crippen molar-refractivity contribution in [2.24, 2.45) is 5.73 Å².